The third kappa shape index (κ3) is 3.29. The van der Waals surface area contributed by atoms with Crippen LogP contribution in [-0.4, -0.2) is 39.3 Å². The van der Waals surface area contributed by atoms with E-state index in [-0.39, 0.29) is 0 Å². The smallest absolute Gasteiger partial charge is 0.209 e. The quantitative estimate of drug-likeness (QED) is 0.685. The van der Waals surface area contributed by atoms with Gasteiger partial charge in [0, 0.05) is 19.6 Å². The second-order valence-corrected chi connectivity index (χ2v) is 8.44. The normalized spacial score (nSPS) is 19.3. The second kappa shape index (κ2) is 7.22. The van der Waals surface area contributed by atoms with E-state index in [1.807, 2.05) is 0 Å². The first kappa shape index (κ1) is 17.7. The summed E-state index contributed by atoms with van der Waals surface area (Å²) in [4.78, 5) is 7.45. The van der Waals surface area contributed by atoms with E-state index in [1.54, 1.807) is 0 Å². The lowest BCUT2D eigenvalue weighted by atomic mass is 10.0. The summed E-state index contributed by atoms with van der Waals surface area (Å²) in [6.07, 6.45) is 2.57. The van der Waals surface area contributed by atoms with Gasteiger partial charge in [0.25, 0.3) is 0 Å². The minimum absolute atomic E-state index is 0.842. The van der Waals surface area contributed by atoms with E-state index in [0.717, 1.165) is 50.4 Å². The van der Waals surface area contributed by atoms with Gasteiger partial charge in [0.2, 0.25) is 5.95 Å². The third-order valence-electron chi connectivity index (χ3n) is 6.18. The third-order valence-corrected chi connectivity index (χ3v) is 6.18. The van der Waals surface area contributed by atoms with Gasteiger partial charge in [0.15, 0.2) is 0 Å². The fourth-order valence-corrected chi connectivity index (χ4v) is 4.46. The van der Waals surface area contributed by atoms with Gasteiger partial charge < -0.3 is 4.90 Å². The van der Waals surface area contributed by atoms with Crippen molar-refractivity contribution in [2.45, 2.75) is 39.9 Å². The number of anilines is 1. The Morgan fingerprint density at radius 3 is 2.54 bits per heavy atom. The molecule has 0 atom stereocenters. The van der Waals surface area contributed by atoms with E-state index >= 15 is 0 Å². The Labute approximate surface area is 167 Å². The molecule has 2 aliphatic heterocycles. The molecule has 3 aromatic rings. The van der Waals surface area contributed by atoms with Crippen LogP contribution < -0.4 is 4.90 Å². The van der Waals surface area contributed by atoms with E-state index in [4.69, 9.17) is 4.98 Å². The number of hydrogen-bond acceptors (Lipinski definition) is 4. The lowest BCUT2D eigenvalue weighted by molar-refractivity contribution is -0.0762. The van der Waals surface area contributed by atoms with Crippen LogP contribution in [0.15, 0.2) is 48.5 Å². The number of nitrogens with zero attached hydrogens (tertiary/aromatic N) is 5. The molecule has 0 aliphatic carbocycles. The zero-order valence-electron chi connectivity index (χ0n) is 16.9. The minimum Gasteiger partial charge on any atom is -0.324 e. The predicted octanol–water partition coefficient (Wildman–Crippen LogP) is 4.23. The molecule has 3 heterocycles. The van der Waals surface area contributed by atoms with E-state index in [2.05, 4.69) is 81.9 Å². The molecule has 1 fully saturated rings. The number of imidazole rings is 1. The summed E-state index contributed by atoms with van der Waals surface area (Å²) in [5.41, 5.74) is 4.92. The van der Waals surface area contributed by atoms with Crippen LogP contribution in [0.5, 0.6) is 0 Å². The van der Waals surface area contributed by atoms with Crippen molar-refractivity contribution in [1.82, 2.24) is 19.6 Å². The highest BCUT2D eigenvalue weighted by molar-refractivity contribution is 5.79. The number of rotatable bonds is 3. The van der Waals surface area contributed by atoms with Gasteiger partial charge >= 0.3 is 0 Å². The molecule has 0 radical (unpaired) electrons. The number of piperidine rings is 1. The van der Waals surface area contributed by atoms with Crippen LogP contribution in [0, 0.1) is 12.8 Å². The molecule has 2 aromatic carbocycles. The molecule has 1 aromatic heterocycles. The summed E-state index contributed by atoms with van der Waals surface area (Å²) in [5.74, 6) is 1.93. The SMILES string of the molecule is Cc1ccc2c(c1)nc1n2CN(N2CCC(C)CC2)CN1Cc1ccccc1. The number of hydrazine groups is 1. The Hall–Kier alpha value is -2.37. The molecule has 0 spiro atoms. The first-order valence-corrected chi connectivity index (χ1v) is 10.4. The minimum atomic E-state index is 0.842. The van der Waals surface area contributed by atoms with E-state index in [0.29, 0.717) is 0 Å². The summed E-state index contributed by atoms with van der Waals surface area (Å²) in [6, 6.07) is 17.4. The van der Waals surface area contributed by atoms with Crippen molar-refractivity contribution in [2.24, 2.45) is 5.92 Å². The highest BCUT2D eigenvalue weighted by Crippen LogP contribution is 2.30. The van der Waals surface area contributed by atoms with Crippen LogP contribution in [0.3, 0.4) is 0 Å². The lowest BCUT2D eigenvalue weighted by Gasteiger charge is -2.44. The highest BCUT2D eigenvalue weighted by atomic mass is 15.7. The van der Waals surface area contributed by atoms with Gasteiger partial charge in [-0.05, 0) is 48.9 Å². The molecular formula is C23H29N5. The molecule has 5 heteroatoms. The van der Waals surface area contributed by atoms with Gasteiger partial charge in [-0.1, -0.05) is 43.3 Å². The van der Waals surface area contributed by atoms with Gasteiger partial charge in [-0.15, -0.1) is 0 Å². The standard InChI is InChI=1S/C23H29N5/c1-18-10-12-26(13-11-18)27-16-25(15-20-6-4-3-5-7-20)23-24-21-14-19(2)8-9-22(21)28(23)17-27/h3-9,14,18H,10-13,15-17H2,1-2H3. The fourth-order valence-electron chi connectivity index (χ4n) is 4.46. The predicted molar refractivity (Wildman–Crippen MR) is 114 cm³/mol. The number of aryl methyl sites for hydroxylation is 1. The van der Waals surface area contributed by atoms with Crippen LogP contribution in [-0.2, 0) is 13.2 Å². The Kier molecular flexibility index (Phi) is 4.57. The van der Waals surface area contributed by atoms with Crippen LogP contribution >= 0.6 is 0 Å². The molecule has 146 valence electrons. The van der Waals surface area contributed by atoms with Crippen LogP contribution in [0.25, 0.3) is 11.0 Å². The van der Waals surface area contributed by atoms with Gasteiger partial charge in [0.1, 0.15) is 0 Å². The molecule has 0 saturated carbocycles. The van der Waals surface area contributed by atoms with E-state index in [1.165, 1.54) is 29.5 Å². The van der Waals surface area contributed by atoms with E-state index in [9.17, 15) is 0 Å². The van der Waals surface area contributed by atoms with Gasteiger partial charge in [-0.2, -0.15) is 0 Å². The largest absolute Gasteiger partial charge is 0.324 e. The van der Waals surface area contributed by atoms with Crippen molar-refractivity contribution in [2.75, 3.05) is 24.7 Å². The Bertz CT molecular complexity index is 956. The van der Waals surface area contributed by atoms with Crippen molar-refractivity contribution in [3.05, 3.63) is 59.7 Å². The van der Waals surface area contributed by atoms with Crippen LogP contribution in [0.4, 0.5) is 5.95 Å². The molecule has 0 amide bonds. The average Bonchev–Trinajstić information content (AvgIpc) is 3.07. The van der Waals surface area contributed by atoms with Crippen LogP contribution in [0.1, 0.15) is 30.9 Å². The maximum Gasteiger partial charge on any atom is 0.209 e. The van der Waals surface area contributed by atoms with Crippen molar-refractivity contribution in [3.63, 3.8) is 0 Å². The van der Waals surface area contributed by atoms with Crippen molar-refractivity contribution < 1.29 is 0 Å². The Morgan fingerprint density at radius 1 is 0.964 bits per heavy atom. The van der Waals surface area contributed by atoms with Crippen molar-refractivity contribution in [1.29, 1.82) is 0 Å². The fraction of sp³-hybridized carbons (Fsp3) is 0.435. The van der Waals surface area contributed by atoms with Gasteiger partial charge in [-0.25, -0.2) is 15.0 Å². The summed E-state index contributed by atoms with van der Waals surface area (Å²) in [7, 11) is 0. The number of aromatic nitrogens is 2. The molecule has 2 aliphatic rings. The second-order valence-electron chi connectivity index (χ2n) is 8.44. The molecule has 0 N–H and O–H groups in total. The van der Waals surface area contributed by atoms with E-state index < -0.39 is 0 Å². The highest BCUT2D eigenvalue weighted by Gasteiger charge is 2.30. The first-order valence-electron chi connectivity index (χ1n) is 10.4. The number of benzene rings is 2. The Morgan fingerprint density at radius 2 is 1.75 bits per heavy atom. The molecule has 28 heavy (non-hydrogen) atoms. The monoisotopic (exact) mass is 375 g/mol. The molecule has 1 saturated heterocycles. The maximum atomic E-state index is 5.03. The van der Waals surface area contributed by atoms with Crippen molar-refractivity contribution in [3.8, 4) is 0 Å². The first-order chi connectivity index (χ1) is 13.7. The summed E-state index contributed by atoms with van der Waals surface area (Å²) >= 11 is 0. The van der Waals surface area contributed by atoms with Crippen molar-refractivity contribution >= 4 is 17.0 Å². The summed E-state index contributed by atoms with van der Waals surface area (Å²) in [6.45, 7) is 9.48. The zero-order chi connectivity index (χ0) is 19.1. The van der Waals surface area contributed by atoms with Gasteiger partial charge in [-0.3, -0.25) is 4.57 Å². The topological polar surface area (TPSA) is 27.5 Å². The maximum absolute atomic E-state index is 5.03. The molecule has 0 unspecified atom stereocenters. The molecule has 5 rings (SSSR count). The van der Waals surface area contributed by atoms with Gasteiger partial charge in [0.05, 0.1) is 24.4 Å². The molecule has 0 bridgehead atoms. The number of hydrogen-bond donors (Lipinski definition) is 0. The zero-order valence-corrected chi connectivity index (χ0v) is 16.9. The van der Waals surface area contributed by atoms with Crippen LogP contribution in [0.2, 0.25) is 0 Å². The average molecular weight is 376 g/mol. The number of fused-ring (bicyclic) bond motifs is 3. The summed E-state index contributed by atoms with van der Waals surface area (Å²) in [5, 5.41) is 5.07. The Balaban J connectivity index is 1.51. The molecule has 5 nitrogen and oxygen atoms in total. The lowest BCUT2D eigenvalue weighted by Crippen LogP contribution is -2.54. The molecular weight excluding hydrogens is 346 g/mol. The summed E-state index contributed by atoms with van der Waals surface area (Å²) < 4.78 is 2.39.